The molecule has 104 valence electrons. The Morgan fingerprint density at radius 2 is 1.95 bits per heavy atom. The Morgan fingerprint density at radius 3 is 2.53 bits per heavy atom. The number of rotatable bonds is 4. The highest BCUT2D eigenvalue weighted by molar-refractivity contribution is 8.00. The molecule has 2 nitrogen and oxygen atoms in total. The summed E-state index contributed by atoms with van der Waals surface area (Å²) in [6.45, 7) is 0. The van der Waals surface area contributed by atoms with Gasteiger partial charge in [-0.3, -0.25) is 4.79 Å². The number of halogens is 1. The Balaban J connectivity index is 2.09. The number of carboxylic acid groups (broad SMARTS) is 1. The summed E-state index contributed by atoms with van der Waals surface area (Å²) >= 11 is 7.40. The Bertz CT molecular complexity index is 428. The molecule has 0 spiro atoms. The van der Waals surface area contributed by atoms with Crippen molar-refractivity contribution >= 4 is 29.3 Å². The zero-order valence-electron chi connectivity index (χ0n) is 10.8. The third-order valence-corrected chi connectivity index (χ3v) is 5.23. The first-order chi connectivity index (χ1) is 9.16. The Kier molecular flexibility index (Phi) is 5.59. The molecule has 0 saturated heterocycles. The summed E-state index contributed by atoms with van der Waals surface area (Å²) in [6, 6.07) is 7.46. The predicted octanol–water partition coefficient (Wildman–Crippen LogP) is 4.86. The molecule has 1 N–H and O–H groups in total. The minimum Gasteiger partial charge on any atom is -0.480 e. The van der Waals surface area contributed by atoms with Crippen molar-refractivity contribution in [1.29, 1.82) is 0 Å². The van der Waals surface area contributed by atoms with Crippen LogP contribution < -0.4 is 0 Å². The smallest absolute Gasteiger partial charge is 0.317 e. The first-order valence-electron chi connectivity index (χ1n) is 6.82. The summed E-state index contributed by atoms with van der Waals surface area (Å²) in [5, 5.41) is 9.81. The number of hydrogen-bond acceptors (Lipinski definition) is 2. The van der Waals surface area contributed by atoms with Gasteiger partial charge in [0.1, 0.15) is 5.25 Å². The fourth-order valence-corrected chi connectivity index (χ4v) is 4.11. The predicted molar refractivity (Wildman–Crippen MR) is 79.9 cm³/mol. The van der Waals surface area contributed by atoms with Crippen molar-refractivity contribution in [1.82, 2.24) is 0 Å². The van der Waals surface area contributed by atoms with Gasteiger partial charge in [0.2, 0.25) is 0 Å². The molecule has 1 aliphatic carbocycles. The number of thioether (sulfide) groups is 1. The van der Waals surface area contributed by atoms with Crippen LogP contribution in [0.1, 0.15) is 38.5 Å². The van der Waals surface area contributed by atoms with Gasteiger partial charge in [-0.15, -0.1) is 11.8 Å². The van der Waals surface area contributed by atoms with Crippen LogP contribution in [0.5, 0.6) is 0 Å². The average Bonchev–Trinajstić information content (AvgIpc) is 2.64. The van der Waals surface area contributed by atoms with E-state index < -0.39 is 5.97 Å². The molecular weight excluding hydrogens is 280 g/mol. The maximum Gasteiger partial charge on any atom is 0.317 e. The van der Waals surface area contributed by atoms with Gasteiger partial charge in [-0.25, -0.2) is 0 Å². The Labute approximate surface area is 123 Å². The molecule has 0 radical (unpaired) electrons. The van der Waals surface area contributed by atoms with E-state index in [1.165, 1.54) is 24.6 Å². The average molecular weight is 299 g/mol. The fourth-order valence-electron chi connectivity index (χ4n) is 2.65. The summed E-state index contributed by atoms with van der Waals surface area (Å²) in [6.07, 6.45) is 6.86. The van der Waals surface area contributed by atoms with Gasteiger partial charge in [0.25, 0.3) is 0 Å². The number of carbonyl (C=O) groups is 1. The SMILES string of the molecule is O=C(O)C(Sc1cccc(Cl)c1)C1CCCCCC1. The maximum absolute atomic E-state index is 11.5. The molecule has 0 amide bonds. The van der Waals surface area contributed by atoms with Gasteiger partial charge < -0.3 is 5.11 Å². The van der Waals surface area contributed by atoms with Gasteiger partial charge in [-0.2, -0.15) is 0 Å². The van der Waals surface area contributed by atoms with Gasteiger partial charge in [0, 0.05) is 9.92 Å². The van der Waals surface area contributed by atoms with Gasteiger partial charge in [-0.1, -0.05) is 43.4 Å². The molecule has 1 aromatic carbocycles. The summed E-state index contributed by atoms with van der Waals surface area (Å²) in [5.74, 6) is -0.416. The van der Waals surface area contributed by atoms with Crippen LogP contribution in [0, 0.1) is 5.92 Å². The zero-order valence-corrected chi connectivity index (χ0v) is 12.4. The quantitative estimate of drug-likeness (QED) is 0.637. The molecule has 0 aromatic heterocycles. The van der Waals surface area contributed by atoms with Crippen molar-refractivity contribution in [3.8, 4) is 0 Å². The second-order valence-electron chi connectivity index (χ2n) is 5.09. The van der Waals surface area contributed by atoms with Gasteiger partial charge >= 0.3 is 5.97 Å². The highest BCUT2D eigenvalue weighted by atomic mass is 35.5. The van der Waals surface area contributed by atoms with Crippen LogP contribution in [0.25, 0.3) is 0 Å². The van der Waals surface area contributed by atoms with Crippen LogP contribution in [0.3, 0.4) is 0 Å². The first kappa shape index (κ1) is 14.7. The molecule has 1 fully saturated rings. The molecule has 1 saturated carbocycles. The van der Waals surface area contributed by atoms with Crippen LogP contribution in [-0.2, 0) is 4.79 Å². The van der Waals surface area contributed by atoms with Gasteiger partial charge in [0.15, 0.2) is 0 Å². The number of hydrogen-bond donors (Lipinski definition) is 1. The zero-order chi connectivity index (χ0) is 13.7. The summed E-state index contributed by atoms with van der Waals surface area (Å²) < 4.78 is 0. The van der Waals surface area contributed by atoms with Crippen LogP contribution in [-0.4, -0.2) is 16.3 Å². The molecule has 0 heterocycles. The lowest BCUT2D eigenvalue weighted by atomic mass is 9.96. The second kappa shape index (κ2) is 7.20. The third-order valence-electron chi connectivity index (χ3n) is 3.63. The monoisotopic (exact) mass is 298 g/mol. The van der Waals surface area contributed by atoms with Crippen LogP contribution in [0.2, 0.25) is 5.02 Å². The van der Waals surface area contributed by atoms with Crippen LogP contribution in [0.4, 0.5) is 0 Å². The van der Waals surface area contributed by atoms with E-state index in [1.807, 2.05) is 24.3 Å². The number of carboxylic acids is 1. The number of benzene rings is 1. The molecule has 1 atom stereocenters. The first-order valence-corrected chi connectivity index (χ1v) is 8.07. The standard InChI is InChI=1S/C15H19ClO2S/c16-12-8-5-9-13(10-12)19-14(15(17)18)11-6-3-1-2-4-7-11/h5,8-11,14H,1-4,6-7H2,(H,17,18). The van der Waals surface area contributed by atoms with E-state index in [9.17, 15) is 9.90 Å². The lowest BCUT2D eigenvalue weighted by Gasteiger charge is -2.22. The Morgan fingerprint density at radius 1 is 1.26 bits per heavy atom. The second-order valence-corrected chi connectivity index (χ2v) is 6.74. The maximum atomic E-state index is 11.5. The van der Waals surface area contributed by atoms with Crippen molar-refractivity contribution < 1.29 is 9.90 Å². The van der Waals surface area contributed by atoms with Crippen molar-refractivity contribution in [2.75, 3.05) is 0 Å². The fraction of sp³-hybridized carbons (Fsp3) is 0.533. The molecule has 1 aliphatic rings. The van der Waals surface area contributed by atoms with Crippen molar-refractivity contribution in [2.24, 2.45) is 5.92 Å². The van der Waals surface area contributed by atoms with E-state index in [1.54, 1.807) is 0 Å². The summed E-state index contributed by atoms with van der Waals surface area (Å²) in [7, 11) is 0. The van der Waals surface area contributed by atoms with E-state index in [0.29, 0.717) is 5.02 Å². The summed E-state index contributed by atoms with van der Waals surface area (Å²) in [4.78, 5) is 12.5. The van der Waals surface area contributed by atoms with Crippen molar-refractivity contribution in [2.45, 2.75) is 48.7 Å². The van der Waals surface area contributed by atoms with E-state index >= 15 is 0 Å². The molecule has 2 rings (SSSR count). The van der Waals surface area contributed by atoms with Crippen molar-refractivity contribution in [3.05, 3.63) is 29.3 Å². The molecule has 0 aliphatic heterocycles. The third kappa shape index (κ3) is 4.43. The van der Waals surface area contributed by atoms with E-state index in [0.717, 1.165) is 30.6 Å². The largest absolute Gasteiger partial charge is 0.480 e. The topological polar surface area (TPSA) is 37.3 Å². The number of aliphatic carboxylic acids is 1. The summed E-state index contributed by atoms with van der Waals surface area (Å²) in [5.41, 5.74) is 0. The lowest BCUT2D eigenvalue weighted by Crippen LogP contribution is -2.26. The molecule has 0 bridgehead atoms. The molecule has 1 unspecified atom stereocenters. The Hall–Kier alpha value is -0.670. The molecule has 1 aromatic rings. The lowest BCUT2D eigenvalue weighted by molar-refractivity contribution is -0.137. The normalized spacial score (nSPS) is 18.8. The highest BCUT2D eigenvalue weighted by Gasteiger charge is 2.29. The highest BCUT2D eigenvalue weighted by Crippen LogP contribution is 2.36. The van der Waals surface area contributed by atoms with E-state index in [2.05, 4.69) is 0 Å². The molecule has 19 heavy (non-hydrogen) atoms. The van der Waals surface area contributed by atoms with Gasteiger partial charge in [0.05, 0.1) is 0 Å². The van der Waals surface area contributed by atoms with Crippen molar-refractivity contribution in [3.63, 3.8) is 0 Å². The van der Waals surface area contributed by atoms with Gasteiger partial charge in [-0.05, 0) is 37.0 Å². The minimum atomic E-state index is -0.697. The van der Waals surface area contributed by atoms with E-state index in [4.69, 9.17) is 11.6 Å². The minimum absolute atomic E-state index is 0.281. The van der Waals surface area contributed by atoms with E-state index in [-0.39, 0.29) is 11.2 Å². The molecular formula is C15H19ClO2S. The van der Waals surface area contributed by atoms with Crippen LogP contribution in [0.15, 0.2) is 29.2 Å². The molecule has 4 heteroatoms. The van der Waals surface area contributed by atoms with Crippen LogP contribution >= 0.6 is 23.4 Å².